The number of nitrogens with zero attached hydrogens (tertiary/aromatic N) is 4. The van der Waals surface area contributed by atoms with Gasteiger partial charge < -0.3 is 11.5 Å². The van der Waals surface area contributed by atoms with Crippen molar-refractivity contribution in [3.63, 3.8) is 0 Å². The second kappa shape index (κ2) is 10.3. The molecule has 2 unspecified atom stereocenters. The summed E-state index contributed by atoms with van der Waals surface area (Å²) in [4.78, 5) is 31.9. The van der Waals surface area contributed by atoms with E-state index in [0.29, 0.717) is 0 Å². The van der Waals surface area contributed by atoms with Crippen LogP contribution in [0.3, 0.4) is 0 Å². The Labute approximate surface area is 179 Å². The first kappa shape index (κ1) is 22.7. The molecule has 0 saturated carbocycles. The number of carbonyl (C=O) groups excluding carboxylic acids is 2. The summed E-state index contributed by atoms with van der Waals surface area (Å²) >= 11 is 0. The zero-order chi connectivity index (χ0) is 21.7. The predicted octanol–water partition coefficient (Wildman–Crippen LogP) is -0.331. The molecule has 2 atom stereocenters. The van der Waals surface area contributed by atoms with Gasteiger partial charge in [-0.25, -0.2) is 0 Å². The summed E-state index contributed by atoms with van der Waals surface area (Å²) in [5.41, 5.74) is 13.5. The van der Waals surface area contributed by atoms with Gasteiger partial charge in [0.25, 0.3) is 0 Å². The van der Waals surface area contributed by atoms with Crippen molar-refractivity contribution in [2.24, 2.45) is 11.5 Å². The van der Waals surface area contributed by atoms with Crippen LogP contribution in [0.15, 0.2) is 24.3 Å². The summed E-state index contributed by atoms with van der Waals surface area (Å²) in [6.45, 7) is 13.0. The van der Waals surface area contributed by atoms with E-state index in [-0.39, 0.29) is 23.9 Å². The second-order valence-electron chi connectivity index (χ2n) is 8.60. The molecule has 3 rings (SSSR count). The van der Waals surface area contributed by atoms with Crippen molar-refractivity contribution >= 4 is 11.8 Å². The summed E-state index contributed by atoms with van der Waals surface area (Å²) in [6, 6.07) is 8.51. The van der Waals surface area contributed by atoms with E-state index in [0.717, 1.165) is 65.4 Å². The molecule has 1 aromatic carbocycles. The first-order valence-corrected chi connectivity index (χ1v) is 10.9. The van der Waals surface area contributed by atoms with E-state index in [4.69, 9.17) is 11.5 Å². The predicted molar refractivity (Wildman–Crippen MR) is 117 cm³/mol. The zero-order valence-electron chi connectivity index (χ0n) is 18.3. The smallest absolute Gasteiger partial charge is 0.234 e. The third-order valence-corrected chi connectivity index (χ3v) is 6.57. The molecule has 4 N–H and O–H groups in total. The van der Waals surface area contributed by atoms with Crippen molar-refractivity contribution in [1.29, 1.82) is 0 Å². The van der Waals surface area contributed by atoms with Gasteiger partial charge in [-0.1, -0.05) is 24.3 Å². The van der Waals surface area contributed by atoms with Gasteiger partial charge in [-0.15, -0.1) is 0 Å². The lowest BCUT2D eigenvalue weighted by Gasteiger charge is -2.37. The number of benzene rings is 1. The lowest BCUT2D eigenvalue weighted by atomic mass is 10.1. The fourth-order valence-corrected chi connectivity index (χ4v) is 4.24. The number of carbonyl (C=O) groups is 2. The fraction of sp³-hybridized carbons (Fsp3) is 0.636. The number of primary amides is 2. The number of hydrogen-bond donors (Lipinski definition) is 2. The Balaban J connectivity index is 1.42. The third kappa shape index (κ3) is 6.01. The number of hydrogen-bond acceptors (Lipinski definition) is 6. The molecule has 2 amide bonds. The summed E-state index contributed by atoms with van der Waals surface area (Å²) in [7, 11) is 0. The van der Waals surface area contributed by atoms with Gasteiger partial charge in [-0.05, 0) is 25.0 Å². The maximum Gasteiger partial charge on any atom is 0.234 e. The molecule has 2 fully saturated rings. The third-order valence-electron chi connectivity index (χ3n) is 6.57. The molecule has 2 saturated heterocycles. The average Bonchev–Trinajstić information content (AvgIpc) is 2.75. The SMILES string of the molecule is CC(C(N)=O)N1CCN(Cc2ccc(CN3CCN(C(C)C(N)=O)CC3)cc2)CC1. The van der Waals surface area contributed by atoms with Crippen LogP contribution in [0.4, 0.5) is 0 Å². The normalized spacial score (nSPS) is 21.9. The van der Waals surface area contributed by atoms with Crippen molar-refractivity contribution in [2.75, 3.05) is 52.4 Å². The Morgan fingerprint density at radius 2 is 1.00 bits per heavy atom. The van der Waals surface area contributed by atoms with Crippen molar-refractivity contribution in [2.45, 2.75) is 39.0 Å². The minimum absolute atomic E-state index is 0.188. The summed E-state index contributed by atoms with van der Waals surface area (Å²) in [5, 5.41) is 0. The minimum atomic E-state index is -0.247. The highest BCUT2D eigenvalue weighted by atomic mass is 16.2. The molecule has 0 spiro atoms. The molecule has 2 aliphatic rings. The Kier molecular flexibility index (Phi) is 7.82. The Morgan fingerprint density at radius 3 is 1.27 bits per heavy atom. The van der Waals surface area contributed by atoms with Crippen LogP contribution >= 0.6 is 0 Å². The van der Waals surface area contributed by atoms with Crippen LogP contribution in [-0.2, 0) is 22.7 Å². The van der Waals surface area contributed by atoms with Crippen molar-refractivity contribution in [3.8, 4) is 0 Å². The molecule has 8 heteroatoms. The van der Waals surface area contributed by atoms with Crippen LogP contribution in [0.2, 0.25) is 0 Å². The summed E-state index contributed by atoms with van der Waals surface area (Å²) in [5.74, 6) is -0.495. The van der Waals surface area contributed by atoms with E-state index in [2.05, 4.69) is 43.9 Å². The van der Waals surface area contributed by atoms with E-state index < -0.39 is 0 Å². The van der Waals surface area contributed by atoms with Crippen molar-refractivity contribution < 1.29 is 9.59 Å². The zero-order valence-corrected chi connectivity index (χ0v) is 18.3. The number of rotatable bonds is 8. The summed E-state index contributed by atoms with van der Waals surface area (Å²) in [6.07, 6.45) is 0. The number of piperazine rings is 2. The maximum atomic E-state index is 11.4. The molecule has 166 valence electrons. The van der Waals surface area contributed by atoms with Gasteiger partial charge in [-0.2, -0.15) is 0 Å². The van der Waals surface area contributed by atoms with Crippen molar-refractivity contribution in [3.05, 3.63) is 35.4 Å². The molecule has 0 radical (unpaired) electrons. The Morgan fingerprint density at radius 1 is 0.700 bits per heavy atom. The molecule has 1 aromatic rings. The molecule has 2 aliphatic heterocycles. The second-order valence-corrected chi connectivity index (χ2v) is 8.60. The molecule has 0 aromatic heterocycles. The van der Waals surface area contributed by atoms with E-state index in [9.17, 15) is 9.59 Å². The lowest BCUT2D eigenvalue weighted by molar-refractivity contribution is -0.124. The highest BCUT2D eigenvalue weighted by Crippen LogP contribution is 2.14. The van der Waals surface area contributed by atoms with Gasteiger partial charge in [0.05, 0.1) is 12.1 Å². The van der Waals surface area contributed by atoms with Crippen LogP contribution in [0.1, 0.15) is 25.0 Å². The largest absolute Gasteiger partial charge is 0.368 e. The molecule has 0 bridgehead atoms. The van der Waals surface area contributed by atoms with Gasteiger partial charge in [0.1, 0.15) is 0 Å². The summed E-state index contributed by atoms with van der Waals surface area (Å²) < 4.78 is 0. The van der Waals surface area contributed by atoms with Gasteiger partial charge in [0.2, 0.25) is 11.8 Å². The lowest BCUT2D eigenvalue weighted by Crippen LogP contribution is -2.52. The first-order valence-electron chi connectivity index (χ1n) is 10.9. The van der Waals surface area contributed by atoms with Crippen LogP contribution < -0.4 is 11.5 Å². The van der Waals surface area contributed by atoms with Gasteiger partial charge in [-0.3, -0.25) is 29.2 Å². The van der Waals surface area contributed by atoms with E-state index in [1.807, 2.05) is 13.8 Å². The van der Waals surface area contributed by atoms with Crippen LogP contribution in [0.25, 0.3) is 0 Å². The van der Waals surface area contributed by atoms with Crippen LogP contribution in [-0.4, -0.2) is 95.9 Å². The highest BCUT2D eigenvalue weighted by molar-refractivity contribution is 5.79. The molecule has 2 heterocycles. The molecule has 0 aliphatic carbocycles. The van der Waals surface area contributed by atoms with E-state index in [1.54, 1.807) is 0 Å². The molecule has 8 nitrogen and oxygen atoms in total. The van der Waals surface area contributed by atoms with E-state index in [1.165, 1.54) is 11.1 Å². The van der Waals surface area contributed by atoms with Crippen LogP contribution in [0.5, 0.6) is 0 Å². The minimum Gasteiger partial charge on any atom is -0.368 e. The Hall–Kier alpha value is -2.00. The monoisotopic (exact) mass is 416 g/mol. The molecule has 30 heavy (non-hydrogen) atoms. The van der Waals surface area contributed by atoms with Gasteiger partial charge in [0.15, 0.2) is 0 Å². The standard InChI is InChI=1S/C22H36N6O2/c1-17(21(23)29)27-11-7-25(8-12-27)15-19-3-5-20(6-4-19)16-26-9-13-28(14-10-26)18(2)22(24)30/h3-6,17-18H,7-16H2,1-2H3,(H2,23,29)(H2,24,30). The highest BCUT2D eigenvalue weighted by Gasteiger charge is 2.25. The number of nitrogens with two attached hydrogens (primary N) is 2. The molecular weight excluding hydrogens is 380 g/mol. The fourth-order valence-electron chi connectivity index (χ4n) is 4.24. The van der Waals surface area contributed by atoms with E-state index >= 15 is 0 Å². The topological polar surface area (TPSA) is 99.1 Å². The molecular formula is C22H36N6O2. The van der Waals surface area contributed by atoms with Crippen molar-refractivity contribution in [1.82, 2.24) is 19.6 Å². The van der Waals surface area contributed by atoms with Gasteiger partial charge in [0, 0.05) is 65.4 Å². The first-order chi connectivity index (χ1) is 14.3. The quantitative estimate of drug-likeness (QED) is 0.602. The Bertz CT molecular complexity index is 648. The average molecular weight is 417 g/mol. The van der Waals surface area contributed by atoms with Gasteiger partial charge >= 0.3 is 0 Å². The number of amides is 2. The van der Waals surface area contributed by atoms with Crippen LogP contribution in [0, 0.1) is 0 Å². The maximum absolute atomic E-state index is 11.4.